The summed E-state index contributed by atoms with van der Waals surface area (Å²) in [6, 6.07) is 9.26. The van der Waals surface area contributed by atoms with E-state index >= 15 is 0 Å². The van der Waals surface area contributed by atoms with Gasteiger partial charge in [0, 0.05) is 35.5 Å². The van der Waals surface area contributed by atoms with Gasteiger partial charge in [-0.3, -0.25) is 4.90 Å². The molecule has 2 nitrogen and oxygen atoms in total. The van der Waals surface area contributed by atoms with E-state index in [4.69, 9.17) is 0 Å². The fourth-order valence-electron chi connectivity index (χ4n) is 2.64. The molecule has 0 radical (unpaired) electrons. The van der Waals surface area contributed by atoms with E-state index in [2.05, 4.69) is 43.7 Å². The Bertz CT molecular complexity index is 567. The summed E-state index contributed by atoms with van der Waals surface area (Å²) in [6.07, 6.45) is 0. The van der Waals surface area contributed by atoms with Crippen LogP contribution in [0.2, 0.25) is 0 Å². The molecular weight excluding hydrogens is 339 g/mol. The van der Waals surface area contributed by atoms with Crippen molar-refractivity contribution < 1.29 is 4.39 Å². The van der Waals surface area contributed by atoms with Gasteiger partial charge in [0.25, 0.3) is 0 Å². The van der Waals surface area contributed by atoms with Gasteiger partial charge in [-0.2, -0.15) is 0 Å². The molecule has 5 heteroatoms. The molecular formula is C15H16BrFN2S. The molecule has 0 saturated carbocycles. The number of halogens is 2. The number of rotatable bonds is 3. The molecule has 1 N–H and O–H groups in total. The fourth-order valence-corrected chi connectivity index (χ4v) is 3.98. The summed E-state index contributed by atoms with van der Waals surface area (Å²) in [5, 5.41) is 5.45. The number of hydrogen-bond acceptors (Lipinski definition) is 3. The van der Waals surface area contributed by atoms with Gasteiger partial charge >= 0.3 is 0 Å². The zero-order chi connectivity index (χ0) is 13.9. The number of benzene rings is 1. The summed E-state index contributed by atoms with van der Waals surface area (Å²) < 4.78 is 14.6. The van der Waals surface area contributed by atoms with Crippen molar-refractivity contribution in [3.63, 3.8) is 0 Å². The highest BCUT2D eigenvalue weighted by atomic mass is 79.9. The first kappa shape index (κ1) is 14.2. The number of piperazine rings is 1. The standard InChI is InChI=1S/C15H16BrFN2S/c16-13-4-3-11(17)10-12(13)15(14-2-1-9-20-14)19-7-5-18-6-8-19/h1-4,9-10,15,18H,5-8H2/t15-/m1/s1. The minimum Gasteiger partial charge on any atom is -0.314 e. The van der Waals surface area contributed by atoms with E-state index in [9.17, 15) is 4.39 Å². The summed E-state index contributed by atoms with van der Waals surface area (Å²) in [5.74, 6) is -0.181. The maximum atomic E-state index is 13.7. The molecule has 106 valence electrons. The molecule has 0 aliphatic carbocycles. The third-order valence-electron chi connectivity index (χ3n) is 3.58. The normalized spacial score (nSPS) is 18.1. The highest BCUT2D eigenvalue weighted by Gasteiger charge is 2.26. The van der Waals surface area contributed by atoms with Crippen LogP contribution in [0.5, 0.6) is 0 Å². The van der Waals surface area contributed by atoms with Gasteiger partial charge in [0.2, 0.25) is 0 Å². The van der Waals surface area contributed by atoms with Crippen LogP contribution in [0.25, 0.3) is 0 Å². The van der Waals surface area contributed by atoms with Crippen LogP contribution in [-0.2, 0) is 0 Å². The molecule has 1 aliphatic rings. The quantitative estimate of drug-likeness (QED) is 0.904. The average molecular weight is 355 g/mol. The first-order valence-electron chi connectivity index (χ1n) is 6.69. The summed E-state index contributed by atoms with van der Waals surface area (Å²) >= 11 is 5.31. The molecule has 2 heterocycles. The van der Waals surface area contributed by atoms with Crippen LogP contribution in [0.4, 0.5) is 4.39 Å². The van der Waals surface area contributed by atoms with Gasteiger partial charge in [-0.1, -0.05) is 22.0 Å². The predicted molar refractivity (Wildman–Crippen MR) is 84.7 cm³/mol. The van der Waals surface area contributed by atoms with Crippen molar-refractivity contribution in [2.75, 3.05) is 26.2 Å². The lowest BCUT2D eigenvalue weighted by Gasteiger charge is -2.35. The van der Waals surface area contributed by atoms with Crippen LogP contribution >= 0.6 is 27.3 Å². The first-order valence-corrected chi connectivity index (χ1v) is 8.36. The van der Waals surface area contributed by atoms with Gasteiger partial charge in [-0.05, 0) is 35.2 Å². The van der Waals surface area contributed by atoms with E-state index in [0.717, 1.165) is 36.2 Å². The summed E-state index contributed by atoms with van der Waals surface area (Å²) in [7, 11) is 0. The molecule has 0 spiro atoms. The second-order valence-corrected chi connectivity index (χ2v) is 6.70. The first-order chi connectivity index (χ1) is 9.75. The molecule has 0 bridgehead atoms. The van der Waals surface area contributed by atoms with Crippen LogP contribution in [0.15, 0.2) is 40.2 Å². The Morgan fingerprint density at radius 1 is 1.25 bits per heavy atom. The highest BCUT2D eigenvalue weighted by molar-refractivity contribution is 9.10. The molecule has 0 amide bonds. The van der Waals surface area contributed by atoms with Gasteiger partial charge in [0.15, 0.2) is 0 Å². The number of thiophene rings is 1. The second-order valence-electron chi connectivity index (χ2n) is 4.87. The van der Waals surface area contributed by atoms with Crippen LogP contribution in [0.1, 0.15) is 16.5 Å². The van der Waals surface area contributed by atoms with Crippen molar-refractivity contribution in [3.8, 4) is 0 Å². The van der Waals surface area contributed by atoms with Gasteiger partial charge < -0.3 is 5.32 Å². The van der Waals surface area contributed by atoms with Crippen molar-refractivity contribution in [2.45, 2.75) is 6.04 Å². The monoisotopic (exact) mass is 354 g/mol. The van der Waals surface area contributed by atoms with Gasteiger partial charge in [0.05, 0.1) is 6.04 Å². The van der Waals surface area contributed by atoms with Crippen molar-refractivity contribution >= 4 is 27.3 Å². The topological polar surface area (TPSA) is 15.3 Å². The Morgan fingerprint density at radius 2 is 2.05 bits per heavy atom. The van der Waals surface area contributed by atoms with E-state index < -0.39 is 0 Å². The maximum Gasteiger partial charge on any atom is 0.123 e. The average Bonchev–Trinajstić information content (AvgIpc) is 2.98. The molecule has 1 atom stereocenters. The minimum absolute atomic E-state index is 0.127. The lowest BCUT2D eigenvalue weighted by molar-refractivity contribution is 0.200. The highest BCUT2D eigenvalue weighted by Crippen LogP contribution is 2.36. The van der Waals surface area contributed by atoms with E-state index in [1.54, 1.807) is 23.5 Å². The largest absolute Gasteiger partial charge is 0.314 e. The maximum absolute atomic E-state index is 13.7. The van der Waals surface area contributed by atoms with Crippen LogP contribution < -0.4 is 5.32 Å². The molecule has 1 saturated heterocycles. The minimum atomic E-state index is -0.181. The van der Waals surface area contributed by atoms with Crippen LogP contribution in [0, 0.1) is 5.82 Å². The van der Waals surface area contributed by atoms with Gasteiger partial charge in [0.1, 0.15) is 5.82 Å². The number of nitrogens with zero attached hydrogens (tertiary/aromatic N) is 1. The molecule has 1 aliphatic heterocycles. The summed E-state index contributed by atoms with van der Waals surface area (Å²) in [6.45, 7) is 3.92. The Morgan fingerprint density at radius 3 is 2.75 bits per heavy atom. The molecule has 1 aromatic carbocycles. The lowest BCUT2D eigenvalue weighted by atomic mass is 10.0. The van der Waals surface area contributed by atoms with Crippen molar-refractivity contribution in [1.29, 1.82) is 0 Å². The fraction of sp³-hybridized carbons (Fsp3) is 0.333. The SMILES string of the molecule is Fc1ccc(Br)c([C@H](c2cccs2)N2CCNCC2)c1. The van der Waals surface area contributed by atoms with Gasteiger partial charge in [-0.15, -0.1) is 11.3 Å². The van der Waals surface area contributed by atoms with Crippen LogP contribution in [0.3, 0.4) is 0 Å². The lowest BCUT2D eigenvalue weighted by Crippen LogP contribution is -2.45. The third kappa shape index (κ3) is 2.96. The van der Waals surface area contributed by atoms with E-state index in [-0.39, 0.29) is 11.9 Å². The molecule has 1 aromatic heterocycles. The number of nitrogens with one attached hydrogen (secondary N) is 1. The van der Waals surface area contributed by atoms with E-state index in [1.165, 1.54) is 10.9 Å². The third-order valence-corrected chi connectivity index (χ3v) is 5.23. The van der Waals surface area contributed by atoms with E-state index in [1.807, 2.05) is 0 Å². The smallest absolute Gasteiger partial charge is 0.123 e. The Labute approximate surface area is 130 Å². The Kier molecular flexibility index (Phi) is 4.51. The van der Waals surface area contributed by atoms with Crippen molar-refractivity contribution in [1.82, 2.24) is 10.2 Å². The van der Waals surface area contributed by atoms with Crippen molar-refractivity contribution in [2.24, 2.45) is 0 Å². The Hall–Kier alpha value is -0.750. The summed E-state index contributed by atoms with van der Waals surface area (Å²) in [4.78, 5) is 3.68. The second kappa shape index (κ2) is 6.35. The van der Waals surface area contributed by atoms with E-state index in [0.29, 0.717) is 0 Å². The molecule has 0 unspecified atom stereocenters. The summed E-state index contributed by atoms with van der Waals surface area (Å²) in [5.41, 5.74) is 1.01. The molecule has 1 fully saturated rings. The molecule has 2 aromatic rings. The zero-order valence-corrected chi connectivity index (χ0v) is 13.4. The van der Waals surface area contributed by atoms with Crippen molar-refractivity contribution in [3.05, 3.63) is 56.4 Å². The molecule has 3 rings (SSSR count). The molecule has 20 heavy (non-hydrogen) atoms. The zero-order valence-electron chi connectivity index (χ0n) is 11.0. The predicted octanol–water partition coefficient (Wildman–Crippen LogP) is 3.64. The number of hydrogen-bond donors (Lipinski definition) is 1. The van der Waals surface area contributed by atoms with Crippen LogP contribution in [-0.4, -0.2) is 31.1 Å². The Balaban J connectivity index is 2.02. The van der Waals surface area contributed by atoms with Gasteiger partial charge in [-0.25, -0.2) is 4.39 Å².